The number of nitrogens with zero attached hydrogens (tertiary/aromatic N) is 3. The molecule has 1 aromatic rings. The van der Waals surface area contributed by atoms with Crippen LogP contribution in [0.15, 0.2) is 6.33 Å². The third kappa shape index (κ3) is 1.59. The lowest BCUT2D eigenvalue weighted by Crippen LogP contribution is -2.22. The Kier molecular flexibility index (Phi) is 2.41. The molecule has 6 heteroatoms. The van der Waals surface area contributed by atoms with Gasteiger partial charge in [-0.15, -0.1) is 0 Å². The van der Waals surface area contributed by atoms with Crippen LogP contribution in [0.3, 0.4) is 0 Å². The molecule has 4 nitrogen and oxygen atoms in total. The Morgan fingerprint density at radius 1 is 1.57 bits per heavy atom. The van der Waals surface area contributed by atoms with Crippen LogP contribution in [0, 0.1) is 0 Å². The van der Waals surface area contributed by atoms with Gasteiger partial charge in [0.25, 0.3) is 0 Å². The largest absolute Gasteiger partial charge is 0.393 e. The lowest BCUT2D eigenvalue weighted by Gasteiger charge is -2.17. The van der Waals surface area contributed by atoms with Gasteiger partial charge in [-0.25, -0.2) is 14.4 Å². The molecule has 0 aromatic carbocycles. The summed E-state index contributed by atoms with van der Waals surface area (Å²) in [6.07, 6.45) is 1.05. The monoisotopic (exact) mass is 216 g/mol. The van der Waals surface area contributed by atoms with E-state index in [9.17, 15) is 4.39 Å². The maximum atomic E-state index is 12.9. The minimum atomic E-state index is -0.803. The highest BCUT2D eigenvalue weighted by Crippen LogP contribution is 2.28. The minimum absolute atomic E-state index is 0.220. The fourth-order valence-electron chi connectivity index (χ4n) is 1.53. The van der Waals surface area contributed by atoms with Gasteiger partial charge >= 0.3 is 0 Å². The second-order valence-electron chi connectivity index (χ2n) is 3.23. The molecular formula is C8H10ClFN4. The number of hydrogen-bond donors (Lipinski definition) is 1. The molecule has 0 unspecified atom stereocenters. The first-order valence-electron chi connectivity index (χ1n) is 4.33. The Bertz CT molecular complexity index is 346. The Morgan fingerprint density at radius 2 is 2.36 bits per heavy atom. The van der Waals surface area contributed by atoms with E-state index in [1.54, 1.807) is 4.90 Å². The second-order valence-corrected chi connectivity index (χ2v) is 3.59. The molecule has 1 saturated heterocycles. The summed E-state index contributed by atoms with van der Waals surface area (Å²) in [5, 5.41) is 0.220. The van der Waals surface area contributed by atoms with Crippen molar-refractivity contribution in [1.82, 2.24) is 9.97 Å². The van der Waals surface area contributed by atoms with Gasteiger partial charge < -0.3 is 10.6 Å². The number of nitrogens with two attached hydrogens (primary N) is 1. The van der Waals surface area contributed by atoms with E-state index in [-0.39, 0.29) is 5.15 Å². The molecule has 1 atom stereocenters. The highest BCUT2D eigenvalue weighted by molar-refractivity contribution is 6.32. The highest BCUT2D eigenvalue weighted by atomic mass is 35.5. The molecule has 1 fully saturated rings. The standard InChI is InChI=1S/C8H10ClFN4/c9-7-6(11)8(13-4-12-7)14-2-1-5(10)3-14/h4-5H,1-3,11H2/t5-/m0/s1. The summed E-state index contributed by atoms with van der Waals surface area (Å²) in [6.45, 7) is 0.955. The summed E-state index contributed by atoms with van der Waals surface area (Å²) in [7, 11) is 0. The van der Waals surface area contributed by atoms with E-state index in [1.165, 1.54) is 6.33 Å². The van der Waals surface area contributed by atoms with E-state index in [4.69, 9.17) is 17.3 Å². The predicted molar refractivity (Wildman–Crippen MR) is 53.2 cm³/mol. The zero-order chi connectivity index (χ0) is 10.1. The summed E-state index contributed by atoms with van der Waals surface area (Å²) >= 11 is 5.73. The van der Waals surface area contributed by atoms with E-state index >= 15 is 0 Å². The van der Waals surface area contributed by atoms with E-state index in [0.717, 1.165) is 0 Å². The number of aromatic nitrogens is 2. The topological polar surface area (TPSA) is 55.0 Å². The van der Waals surface area contributed by atoms with Gasteiger partial charge in [0.15, 0.2) is 11.0 Å². The molecule has 0 radical (unpaired) electrons. The molecule has 0 amide bonds. The summed E-state index contributed by atoms with van der Waals surface area (Å²) in [6, 6.07) is 0. The van der Waals surface area contributed by atoms with Gasteiger partial charge in [0, 0.05) is 6.54 Å². The van der Waals surface area contributed by atoms with Crippen molar-refractivity contribution in [2.24, 2.45) is 0 Å². The zero-order valence-corrected chi connectivity index (χ0v) is 8.21. The molecule has 1 aliphatic rings. The first-order valence-corrected chi connectivity index (χ1v) is 4.71. The van der Waals surface area contributed by atoms with E-state index in [2.05, 4.69) is 9.97 Å². The smallest absolute Gasteiger partial charge is 0.157 e. The summed E-state index contributed by atoms with van der Waals surface area (Å²) in [4.78, 5) is 9.52. The van der Waals surface area contributed by atoms with Crippen molar-refractivity contribution in [1.29, 1.82) is 0 Å². The lowest BCUT2D eigenvalue weighted by molar-refractivity contribution is 0.364. The maximum absolute atomic E-state index is 12.9. The third-order valence-electron chi connectivity index (χ3n) is 2.24. The molecule has 14 heavy (non-hydrogen) atoms. The van der Waals surface area contributed by atoms with Gasteiger partial charge in [-0.1, -0.05) is 11.6 Å². The SMILES string of the molecule is Nc1c(Cl)ncnc1N1CC[C@H](F)C1. The number of nitrogen functional groups attached to an aromatic ring is 1. The lowest BCUT2D eigenvalue weighted by atomic mass is 10.3. The van der Waals surface area contributed by atoms with Crippen molar-refractivity contribution >= 4 is 23.1 Å². The quantitative estimate of drug-likeness (QED) is 0.719. The molecule has 2 N–H and O–H groups in total. The summed E-state index contributed by atoms with van der Waals surface area (Å²) in [5.41, 5.74) is 6.01. The summed E-state index contributed by atoms with van der Waals surface area (Å²) < 4.78 is 12.9. The van der Waals surface area contributed by atoms with Gasteiger partial charge in [0.05, 0.1) is 6.54 Å². The van der Waals surface area contributed by atoms with Crippen LogP contribution in [0.1, 0.15) is 6.42 Å². The molecule has 0 spiro atoms. The van der Waals surface area contributed by atoms with E-state index < -0.39 is 6.17 Å². The van der Waals surface area contributed by atoms with Gasteiger partial charge in [-0.2, -0.15) is 0 Å². The van der Waals surface area contributed by atoms with Crippen molar-refractivity contribution in [3.05, 3.63) is 11.5 Å². The molecule has 0 aliphatic carbocycles. The molecule has 0 saturated carbocycles. The first kappa shape index (κ1) is 9.45. The van der Waals surface area contributed by atoms with Crippen LogP contribution in [0.5, 0.6) is 0 Å². The van der Waals surface area contributed by atoms with Crippen LogP contribution in [0.2, 0.25) is 5.15 Å². The van der Waals surface area contributed by atoms with Crippen LogP contribution in [0.25, 0.3) is 0 Å². The normalized spacial score (nSPS) is 21.6. The molecule has 1 aliphatic heterocycles. The molecule has 1 aromatic heterocycles. The fraction of sp³-hybridized carbons (Fsp3) is 0.500. The van der Waals surface area contributed by atoms with E-state index in [1.807, 2.05) is 0 Å². The fourth-order valence-corrected chi connectivity index (χ4v) is 1.66. The zero-order valence-electron chi connectivity index (χ0n) is 7.45. The van der Waals surface area contributed by atoms with E-state index in [0.29, 0.717) is 31.0 Å². The van der Waals surface area contributed by atoms with Crippen LogP contribution >= 0.6 is 11.6 Å². The third-order valence-corrected chi connectivity index (χ3v) is 2.55. The second kappa shape index (κ2) is 3.57. The Balaban J connectivity index is 2.28. The van der Waals surface area contributed by atoms with Crippen LogP contribution < -0.4 is 10.6 Å². The molecule has 0 bridgehead atoms. The van der Waals surface area contributed by atoms with Gasteiger partial charge in [0.1, 0.15) is 18.2 Å². The highest BCUT2D eigenvalue weighted by Gasteiger charge is 2.24. The molecular weight excluding hydrogens is 207 g/mol. The number of halogens is 2. The Hall–Kier alpha value is -1.10. The number of alkyl halides is 1. The number of rotatable bonds is 1. The molecule has 2 rings (SSSR count). The van der Waals surface area contributed by atoms with Gasteiger partial charge in [-0.3, -0.25) is 0 Å². The number of hydrogen-bond acceptors (Lipinski definition) is 4. The Morgan fingerprint density at radius 3 is 3.00 bits per heavy atom. The van der Waals surface area contributed by atoms with Crippen molar-refractivity contribution in [2.75, 3.05) is 23.7 Å². The summed E-state index contributed by atoms with van der Waals surface area (Å²) in [5.74, 6) is 0.533. The van der Waals surface area contributed by atoms with Crippen molar-refractivity contribution in [3.8, 4) is 0 Å². The van der Waals surface area contributed by atoms with Gasteiger partial charge in [0.2, 0.25) is 0 Å². The van der Waals surface area contributed by atoms with Gasteiger partial charge in [-0.05, 0) is 6.42 Å². The number of anilines is 2. The van der Waals surface area contributed by atoms with Crippen molar-refractivity contribution in [3.63, 3.8) is 0 Å². The van der Waals surface area contributed by atoms with Crippen molar-refractivity contribution in [2.45, 2.75) is 12.6 Å². The average Bonchev–Trinajstić information content (AvgIpc) is 2.57. The first-order chi connectivity index (χ1) is 6.68. The minimum Gasteiger partial charge on any atom is -0.393 e. The molecule has 76 valence electrons. The average molecular weight is 217 g/mol. The van der Waals surface area contributed by atoms with Crippen LogP contribution in [-0.2, 0) is 0 Å². The van der Waals surface area contributed by atoms with Crippen LogP contribution in [-0.4, -0.2) is 29.2 Å². The van der Waals surface area contributed by atoms with Crippen molar-refractivity contribution < 1.29 is 4.39 Å². The molecule has 2 heterocycles. The Labute approximate surface area is 85.9 Å². The van der Waals surface area contributed by atoms with Crippen LogP contribution in [0.4, 0.5) is 15.9 Å². The predicted octanol–water partition coefficient (Wildman–Crippen LogP) is 1.26. The maximum Gasteiger partial charge on any atom is 0.157 e.